The molecule has 0 amide bonds. The molecule has 1 aromatic rings. The maximum absolute atomic E-state index is 6.14. The van der Waals surface area contributed by atoms with Crippen LogP contribution in [0, 0.1) is 0 Å². The van der Waals surface area contributed by atoms with Gasteiger partial charge in [-0.1, -0.05) is 31.5 Å². The lowest BCUT2D eigenvalue weighted by atomic mass is 9.80. The zero-order chi connectivity index (χ0) is 11.9. The first-order chi connectivity index (χ1) is 8.24. The molecule has 0 saturated carbocycles. The van der Waals surface area contributed by atoms with E-state index in [9.17, 15) is 0 Å². The predicted octanol–water partition coefficient (Wildman–Crippen LogP) is 2.61. The fourth-order valence-corrected chi connectivity index (χ4v) is 3.29. The topological polar surface area (TPSA) is 21.3 Å². The number of rotatable bonds is 2. The number of aryl methyl sites for hydroxylation is 1. The Balaban J connectivity index is 2.04. The third-order valence-corrected chi connectivity index (χ3v) is 4.31. The molecule has 1 N–H and O–H groups in total. The Bertz CT molecular complexity index is 429. The van der Waals surface area contributed by atoms with Crippen LogP contribution in [-0.4, -0.2) is 18.7 Å². The normalized spacial score (nSPS) is 31.1. The van der Waals surface area contributed by atoms with Crippen molar-refractivity contribution in [2.45, 2.75) is 44.8 Å². The standard InChI is InChI=1S/C15H21NO/c1-3-5-11-6-4-7-12-13(11)9-17-15(2)10-16-8-14(12)15/h4,6-7,14,16H,3,5,8-10H2,1-2H3/t14-,15-/m0/s1. The maximum Gasteiger partial charge on any atom is 0.0863 e. The van der Waals surface area contributed by atoms with Crippen LogP contribution in [0.15, 0.2) is 18.2 Å². The fraction of sp³-hybridized carbons (Fsp3) is 0.600. The monoisotopic (exact) mass is 231 g/mol. The van der Waals surface area contributed by atoms with Crippen LogP contribution in [0.3, 0.4) is 0 Å². The average molecular weight is 231 g/mol. The van der Waals surface area contributed by atoms with Crippen molar-refractivity contribution in [1.82, 2.24) is 5.32 Å². The van der Waals surface area contributed by atoms with Gasteiger partial charge in [-0.15, -0.1) is 0 Å². The summed E-state index contributed by atoms with van der Waals surface area (Å²) in [5.74, 6) is 0.531. The van der Waals surface area contributed by atoms with Gasteiger partial charge in [0.1, 0.15) is 0 Å². The van der Waals surface area contributed by atoms with Crippen LogP contribution in [0.4, 0.5) is 0 Å². The minimum absolute atomic E-state index is 0.0117. The molecular formula is C15H21NO. The van der Waals surface area contributed by atoms with E-state index in [0.29, 0.717) is 5.92 Å². The number of fused-ring (bicyclic) bond motifs is 3. The lowest BCUT2D eigenvalue weighted by molar-refractivity contribution is -0.0521. The molecule has 0 aliphatic carbocycles. The lowest BCUT2D eigenvalue weighted by Crippen LogP contribution is -2.40. The van der Waals surface area contributed by atoms with Gasteiger partial charge in [0, 0.05) is 19.0 Å². The van der Waals surface area contributed by atoms with Gasteiger partial charge in [0.25, 0.3) is 0 Å². The molecule has 2 aliphatic rings. The molecule has 2 heteroatoms. The molecule has 2 heterocycles. The molecule has 17 heavy (non-hydrogen) atoms. The van der Waals surface area contributed by atoms with Gasteiger partial charge in [-0.3, -0.25) is 0 Å². The Labute approximate surface area is 103 Å². The summed E-state index contributed by atoms with van der Waals surface area (Å²) < 4.78 is 6.14. The Hall–Kier alpha value is -0.860. The highest BCUT2D eigenvalue weighted by atomic mass is 16.5. The lowest BCUT2D eigenvalue weighted by Gasteiger charge is -2.37. The highest BCUT2D eigenvalue weighted by molar-refractivity contribution is 5.41. The first-order valence-electron chi connectivity index (χ1n) is 6.70. The molecule has 1 saturated heterocycles. The Morgan fingerprint density at radius 1 is 1.47 bits per heavy atom. The van der Waals surface area contributed by atoms with Crippen molar-refractivity contribution in [3.63, 3.8) is 0 Å². The second-order valence-electron chi connectivity index (χ2n) is 5.52. The molecule has 0 bridgehead atoms. The molecule has 0 radical (unpaired) electrons. The zero-order valence-electron chi connectivity index (χ0n) is 10.8. The number of hydrogen-bond acceptors (Lipinski definition) is 2. The third-order valence-electron chi connectivity index (χ3n) is 4.31. The van der Waals surface area contributed by atoms with Crippen LogP contribution in [-0.2, 0) is 17.8 Å². The second kappa shape index (κ2) is 4.11. The van der Waals surface area contributed by atoms with Crippen molar-refractivity contribution in [2.75, 3.05) is 13.1 Å². The van der Waals surface area contributed by atoms with Crippen LogP contribution in [0.5, 0.6) is 0 Å². The Kier molecular flexibility index (Phi) is 2.72. The van der Waals surface area contributed by atoms with E-state index >= 15 is 0 Å². The van der Waals surface area contributed by atoms with Crippen LogP contribution in [0.25, 0.3) is 0 Å². The van der Waals surface area contributed by atoms with Gasteiger partial charge in [-0.25, -0.2) is 0 Å². The molecule has 3 rings (SSSR count). The number of ether oxygens (including phenoxy) is 1. The summed E-state index contributed by atoms with van der Waals surface area (Å²) in [7, 11) is 0. The van der Waals surface area contributed by atoms with Gasteiger partial charge < -0.3 is 10.1 Å². The summed E-state index contributed by atoms with van der Waals surface area (Å²) in [4.78, 5) is 0. The summed E-state index contributed by atoms with van der Waals surface area (Å²) in [6.07, 6.45) is 2.38. The van der Waals surface area contributed by atoms with Crippen molar-refractivity contribution in [2.24, 2.45) is 0 Å². The van der Waals surface area contributed by atoms with Crippen molar-refractivity contribution < 1.29 is 4.74 Å². The highest BCUT2D eigenvalue weighted by Crippen LogP contribution is 2.42. The summed E-state index contributed by atoms with van der Waals surface area (Å²) in [6.45, 7) is 7.31. The zero-order valence-corrected chi connectivity index (χ0v) is 10.8. The van der Waals surface area contributed by atoms with Crippen LogP contribution < -0.4 is 5.32 Å². The maximum atomic E-state index is 6.14. The molecule has 92 valence electrons. The first-order valence-corrected chi connectivity index (χ1v) is 6.70. The summed E-state index contributed by atoms with van der Waals surface area (Å²) in [5.41, 5.74) is 4.48. The van der Waals surface area contributed by atoms with Gasteiger partial charge in [-0.2, -0.15) is 0 Å². The number of nitrogens with one attached hydrogen (secondary N) is 1. The molecule has 2 atom stereocenters. The third kappa shape index (κ3) is 1.71. The Morgan fingerprint density at radius 3 is 3.18 bits per heavy atom. The van der Waals surface area contributed by atoms with Gasteiger partial charge in [0.05, 0.1) is 12.2 Å². The van der Waals surface area contributed by atoms with E-state index in [1.54, 1.807) is 0 Å². The van der Waals surface area contributed by atoms with Crippen molar-refractivity contribution in [1.29, 1.82) is 0 Å². The summed E-state index contributed by atoms with van der Waals surface area (Å²) in [5, 5.41) is 3.47. The van der Waals surface area contributed by atoms with E-state index in [0.717, 1.165) is 19.7 Å². The van der Waals surface area contributed by atoms with E-state index < -0.39 is 0 Å². The second-order valence-corrected chi connectivity index (χ2v) is 5.52. The number of hydrogen-bond donors (Lipinski definition) is 1. The fourth-order valence-electron chi connectivity index (χ4n) is 3.29. The molecule has 1 aromatic carbocycles. The van der Waals surface area contributed by atoms with Gasteiger partial charge >= 0.3 is 0 Å². The largest absolute Gasteiger partial charge is 0.369 e. The predicted molar refractivity (Wildman–Crippen MR) is 69.2 cm³/mol. The smallest absolute Gasteiger partial charge is 0.0863 e. The average Bonchev–Trinajstić information content (AvgIpc) is 2.72. The molecule has 2 aliphatic heterocycles. The van der Waals surface area contributed by atoms with E-state index in [1.165, 1.54) is 29.5 Å². The van der Waals surface area contributed by atoms with E-state index in [2.05, 4.69) is 37.4 Å². The summed E-state index contributed by atoms with van der Waals surface area (Å²) >= 11 is 0. The van der Waals surface area contributed by atoms with Crippen LogP contribution >= 0.6 is 0 Å². The van der Waals surface area contributed by atoms with Gasteiger partial charge in [-0.05, 0) is 30.0 Å². The summed E-state index contributed by atoms with van der Waals surface area (Å²) in [6, 6.07) is 6.78. The first kappa shape index (κ1) is 11.2. The van der Waals surface area contributed by atoms with Crippen LogP contribution in [0.1, 0.15) is 42.9 Å². The minimum Gasteiger partial charge on any atom is -0.369 e. The van der Waals surface area contributed by atoms with E-state index in [-0.39, 0.29) is 5.60 Å². The minimum atomic E-state index is 0.0117. The van der Waals surface area contributed by atoms with E-state index in [4.69, 9.17) is 4.74 Å². The highest BCUT2D eigenvalue weighted by Gasteiger charge is 2.44. The molecular weight excluding hydrogens is 210 g/mol. The molecule has 0 spiro atoms. The van der Waals surface area contributed by atoms with E-state index in [1.807, 2.05) is 0 Å². The van der Waals surface area contributed by atoms with Crippen LogP contribution in [0.2, 0.25) is 0 Å². The number of benzene rings is 1. The van der Waals surface area contributed by atoms with Crippen molar-refractivity contribution in [3.05, 3.63) is 34.9 Å². The molecule has 1 fully saturated rings. The van der Waals surface area contributed by atoms with Gasteiger partial charge in [0.2, 0.25) is 0 Å². The molecule has 0 aromatic heterocycles. The van der Waals surface area contributed by atoms with Crippen molar-refractivity contribution in [3.8, 4) is 0 Å². The SMILES string of the molecule is CCCc1cccc2c1CO[C@@]1(C)CNC[C@@H]21. The van der Waals surface area contributed by atoms with Gasteiger partial charge in [0.15, 0.2) is 0 Å². The molecule has 0 unspecified atom stereocenters. The quantitative estimate of drug-likeness (QED) is 0.845. The van der Waals surface area contributed by atoms with Crippen molar-refractivity contribution >= 4 is 0 Å². The Morgan fingerprint density at radius 2 is 2.35 bits per heavy atom. The molecule has 2 nitrogen and oxygen atoms in total.